The summed E-state index contributed by atoms with van der Waals surface area (Å²) in [5, 5.41) is -0.487. The van der Waals surface area contributed by atoms with Crippen LogP contribution in [0.1, 0.15) is 6.92 Å². The van der Waals surface area contributed by atoms with Gasteiger partial charge in [0.1, 0.15) is 5.75 Å². The molecule has 1 rings (SSSR count). The van der Waals surface area contributed by atoms with E-state index in [1.165, 1.54) is 0 Å². The fourth-order valence-corrected chi connectivity index (χ4v) is 0.794. The third-order valence-corrected chi connectivity index (χ3v) is 1.68. The number of hydrogen-bond donors (Lipinski definition) is 0. The molecule has 12 heavy (non-hydrogen) atoms. The Kier molecular flexibility index (Phi) is 3.11. The van der Waals surface area contributed by atoms with Gasteiger partial charge in [0.15, 0.2) is 6.10 Å². The smallest absolute Gasteiger partial charge is 0.262 e. The van der Waals surface area contributed by atoms with Gasteiger partial charge in [-0.2, -0.15) is 0 Å². The molecule has 1 unspecified atom stereocenters. The maximum Gasteiger partial charge on any atom is 0.262 e. The van der Waals surface area contributed by atoms with Crippen molar-refractivity contribution in [3.05, 3.63) is 30.3 Å². The highest BCUT2D eigenvalue weighted by Crippen LogP contribution is 2.11. The van der Waals surface area contributed by atoms with Crippen LogP contribution in [-0.4, -0.2) is 11.3 Å². The molecule has 0 radical (unpaired) electrons. The second kappa shape index (κ2) is 4.12. The van der Waals surface area contributed by atoms with Gasteiger partial charge in [-0.3, -0.25) is 4.79 Å². The van der Waals surface area contributed by atoms with Crippen LogP contribution in [0.5, 0.6) is 5.75 Å². The third kappa shape index (κ3) is 2.55. The van der Waals surface area contributed by atoms with Crippen LogP contribution in [-0.2, 0) is 4.79 Å². The number of hydrogen-bond acceptors (Lipinski definition) is 2. The topological polar surface area (TPSA) is 26.3 Å². The molecule has 3 heteroatoms. The predicted octanol–water partition coefficient (Wildman–Crippen LogP) is 2.22. The second-order valence-electron chi connectivity index (χ2n) is 2.38. The van der Waals surface area contributed by atoms with Crippen LogP contribution in [0, 0.1) is 0 Å². The Bertz CT molecular complexity index is 258. The zero-order valence-electron chi connectivity index (χ0n) is 6.66. The van der Waals surface area contributed by atoms with Crippen LogP contribution in [0.3, 0.4) is 0 Å². The van der Waals surface area contributed by atoms with E-state index in [4.69, 9.17) is 16.3 Å². The van der Waals surface area contributed by atoms with Crippen molar-refractivity contribution in [2.45, 2.75) is 13.0 Å². The molecule has 1 aromatic carbocycles. The highest BCUT2D eigenvalue weighted by molar-refractivity contribution is 6.64. The third-order valence-electron chi connectivity index (χ3n) is 1.38. The molecular weight excluding hydrogens is 176 g/mol. The summed E-state index contributed by atoms with van der Waals surface area (Å²) in [5.41, 5.74) is 0. The standard InChI is InChI=1S/C9H9ClO2/c1-7(9(10)11)12-8-5-3-2-4-6-8/h2-7H,1H3. The SMILES string of the molecule is CC(Oc1ccccc1)C(=O)Cl. The quantitative estimate of drug-likeness (QED) is 0.674. The fourth-order valence-electron chi connectivity index (χ4n) is 0.750. The summed E-state index contributed by atoms with van der Waals surface area (Å²) in [6, 6.07) is 9.09. The Morgan fingerprint density at radius 3 is 2.50 bits per heavy atom. The molecule has 64 valence electrons. The molecular formula is C9H9ClO2. The highest BCUT2D eigenvalue weighted by Gasteiger charge is 2.10. The lowest BCUT2D eigenvalue weighted by molar-refractivity contribution is -0.117. The van der Waals surface area contributed by atoms with Gasteiger partial charge >= 0.3 is 0 Å². The lowest BCUT2D eigenvalue weighted by Gasteiger charge is -2.09. The zero-order valence-corrected chi connectivity index (χ0v) is 7.41. The summed E-state index contributed by atoms with van der Waals surface area (Å²) in [7, 11) is 0. The van der Waals surface area contributed by atoms with E-state index in [2.05, 4.69) is 0 Å². The molecule has 0 aromatic heterocycles. The molecule has 0 saturated carbocycles. The first-order valence-electron chi connectivity index (χ1n) is 3.61. The number of carbonyl (C=O) groups excluding carboxylic acids is 1. The van der Waals surface area contributed by atoms with Crippen LogP contribution < -0.4 is 4.74 Å². The van der Waals surface area contributed by atoms with Crippen molar-refractivity contribution >= 4 is 16.8 Å². The van der Waals surface area contributed by atoms with Gasteiger partial charge in [0.2, 0.25) is 0 Å². The van der Waals surface area contributed by atoms with E-state index in [0.29, 0.717) is 5.75 Å². The second-order valence-corrected chi connectivity index (χ2v) is 2.75. The molecule has 0 fully saturated rings. The molecule has 2 nitrogen and oxygen atoms in total. The summed E-state index contributed by atoms with van der Waals surface area (Å²) < 4.78 is 5.19. The summed E-state index contributed by atoms with van der Waals surface area (Å²) in [6.45, 7) is 1.61. The van der Waals surface area contributed by atoms with Crippen molar-refractivity contribution in [2.75, 3.05) is 0 Å². The zero-order chi connectivity index (χ0) is 8.97. The van der Waals surface area contributed by atoms with Gasteiger partial charge in [0.25, 0.3) is 5.24 Å². The minimum absolute atomic E-state index is 0.487. The molecule has 0 heterocycles. The minimum Gasteiger partial charge on any atom is -0.482 e. The Balaban J connectivity index is 2.58. The molecule has 0 amide bonds. The van der Waals surface area contributed by atoms with Crippen molar-refractivity contribution in [1.29, 1.82) is 0 Å². The lowest BCUT2D eigenvalue weighted by atomic mass is 10.3. The van der Waals surface area contributed by atoms with Gasteiger partial charge in [0.05, 0.1) is 0 Å². The average molecular weight is 185 g/mol. The first-order valence-corrected chi connectivity index (χ1v) is 3.99. The van der Waals surface area contributed by atoms with E-state index < -0.39 is 11.3 Å². The maximum atomic E-state index is 10.6. The Hall–Kier alpha value is -1.02. The Morgan fingerprint density at radius 1 is 1.42 bits per heavy atom. The van der Waals surface area contributed by atoms with Gasteiger partial charge in [-0.1, -0.05) is 18.2 Å². The van der Waals surface area contributed by atoms with Gasteiger partial charge < -0.3 is 4.74 Å². The normalized spacial score (nSPS) is 12.2. The first kappa shape index (κ1) is 9.07. The molecule has 1 atom stereocenters. The van der Waals surface area contributed by atoms with Gasteiger partial charge in [-0.25, -0.2) is 0 Å². The van der Waals surface area contributed by atoms with E-state index in [9.17, 15) is 4.79 Å². The number of halogens is 1. The maximum absolute atomic E-state index is 10.6. The van der Waals surface area contributed by atoms with E-state index in [1.807, 2.05) is 18.2 Å². The summed E-state index contributed by atoms with van der Waals surface area (Å²) in [4.78, 5) is 10.6. The van der Waals surface area contributed by atoms with Gasteiger partial charge in [-0.15, -0.1) is 0 Å². The lowest BCUT2D eigenvalue weighted by Crippen LogP contribution is -2.18. The van der Waals surface area contributed by atoms with Crippen LogP contribution in [0.15, 0.2) is 30.3 Å². The predicted molar refractivity (Wildman–Crippen MR) is 47.4 cm³/mol. The molecule has 0 saturated heterocycles. The highest BCUT2D eigenvalue weighted by atomic mass is 35.5. The monoisotopic (exact) mass is 184 g/mol. The number of benzene rings is 1. The minimum atomic E-state index is -0.589. The van der Waals surface area contributed by atoms with Crippen molar-refractivity contribution in [3.8, 4) is 5.75 Å². The van der Waals surface area contributed by atoms with E-state index in [1.54, 1.807) is 19.1 Å². The van der Waals surface area contributed by atoms with Crippen molar-refractivity contribution in [3.63, 3.8) is 0 Å². The number of ether oxygens (including phenoxy) is 1. The summed E-state index contributed by atoms with van der Waals surface area (Å²) in [6.07, 6.45) is -0.589. The number of rotatable bonds is 3. The molecule has 0 bridgehead atoms. The molecule has 0 spiro atoms. The molecule has 0 aliphatic carbocycles. The molecule has 1 aromatic rings. The largest absolute Gasteiger partial charge is 0.482 e. The van der Waals surface area contributed by atoms with Gasteiger partial charge in [-0.05, 0) is 30.7 Å². The van der Waals surface area contributed by atoms with Crippen molar-refractivity contribution in [2.24, 2.45) is 0 Å². The number of carbonyl (C=O) groups is 1. The van der Waals surface area contributed by atoms with E-state index >= 15 is 0 Å². The molecule has 0 aliphatic rings. The van der Waals surface area contributed by atoms with Crippen LogP contribution >= 0.6 is 11.6 Å². The molecule has 0 N–H and O–H groups in total. The fraction of sp³-hybridized carbons (Fsp3) is 0.222. The average Bonchev–Trinajstić information content (AvgIpc) is 2.06. The summed E-state index contributed by atoms with van der Waals surface area (Å²) >= 11 is 5.21. The number of para-hydroxylation sites is 1. The molecule has 0 aliphatic heterocycles. The van der Waals surface area contributed by atoms with Crippen molar-refractivity contribution < 1.29 is 9.53 Å². The van der Waals surface area contributed by atoms with E-state index in [0.717, 1.165) is 0 Å². The Labute approximate surface area is 76.1 Å². The van der Waals surface area contributed by atoms with Crippen LogP contribution in [0.25, 0.3) is 0 Å². The summed E-state index contributed by atoms with van der Waals surface area (Å²) in [5.74, 6) is 0.652. The van der Waals surface area contributed by atoms with Crippen molar-refractivity contribution in [1.82, 2.24) is 0 Å². The van der Waals surface area contributed by atoms with E-state index in [-0.39, 0.29) is 0 Å². The van der Waals surface area contributed by atoms with Crippen LogP contribution in [0.4, 0.5) is 0 Å². The first-order chi connectivity index (χ1) is 5.70. The van der Waals surface area contributed by atoms with Gasteiger partial charge in [0, 0.05) is 0 Å². The van der Waals surface area contributed by atoms with Crippen LogP contribution in [0.2, 0.25) is 0 Å². The Morgan fingerprint density at radius 2 is 2.00 bits per heavy atom.